The Kier molecular flexibility index (Phi) is 6.46. The monoisotopic (exact) mass is 411 g/mol. The molecule has 25 heavy (non-hydrogen) atoms. The van der Waals surface area contributed by atoms with E-state index in [1.807, 2.05) is 0 Å². The van der Waals surface area contributed by atoms with Crippen molar-refractivity contribution in [1.82, 2.24) is 0 Å². The fourth-order valence-corrected chi connectivity index (χ4v) is 2.36. The Hall–Kier alpha value is -2.48. The highest BCUT2D eigenvalue weighted by atomic mass is 79.9. The van der Waals surface area contributed by atoms with Gasteiger partial charge in [0, 0.05) is 24.2 Å². The number of furan rings is 1. The lowest BCUT2D eigenvalue weighted by Crippen LogP contribution is -2.12. The van der Waals surface area contributed by atoms with Crippen LogP contribution in [0.3, 0.4) is 0 Å². The van der Waals surface area contributed by atoms with Gasteiger partial charge in [-0.15, -0.1) is 0 Å². The number of anilines is 1. The highest BCUT2D eigenvalue weighted by Gasteiger charge is 2.25. The minimum atomic E-state index is -0.645. The van der Waals surface area contributed by atoms with E-state index in [0.29, 0.717) is 23.1 Å². The van der Waals surface area contributed by atoms with Crippen LogP contribution in [0.2, 0.25) is 0 Å². The molecule has 1 aromatic heterocycles. The highest BCUT2D eigenvalue weighted by Crippen LogP contribution is 2.46. The first-order valence-corrected chi connectivity index (χ1v) is 8.62. The minimum absolute atomic E-state index is 0.0784. The summed E-state index contributed by atoms with van der Waals surface area (Å²) in [6.07, 6.45) is 0.886. The van der Waals surface area contributed by atoms with E-state index in [0.717, 1.165) is 0 Å². The summed E-state index contributed by atoms with van der Waals surface area (Å²) in [5, 5.41) is 13.6. The summed E-state index contributed by atoms with van der Waals surface area (Å²) >= 11 is 3.25. The van der Waals surface area contributed by atoms with E-state index < -0.39 is 5.97 Å². The third-order valence-corrected chi connectivity index (χ3v) is 3.79. The molecule has 0 bridgehead atoms. The van der Waals surface area contributed by atoms with Gasteiger partial charge >= 0.3 is 5.97 Å². The number of hydrogen-bond acceptors (Lipinski definition) is 6. The van der Waals surface area contributed by atoms with Crippen LogP contribution in [0.5, 0.6) is 17.2 Å². The lowest BCUT2D eigenvalue weighted by atomic mass is 10.1. The van der Waals surface area contributed by atoms with Gasteiger partial charge in [-0.25, -0.2) is 0 Å². The zero-order chi connectivity index (χ0) is 18.4. The third kappa shape index (κ3) is 4.76. The van der Waals surface area contributed by atoms with Crippen LogP contribution in [0.1, 0.15) is 19.8 Å². The first kappa shape index (κ1) is 18.9. The number of alkyl halides is 1. The van der Waals surface area contributed by atoms with Crippen molar-refractivity contribution in [3.63, 3.8) is 0 Å². The SMILES string of the molecule is COc1ccc(-c2oc(NC(=O)CCCBr)c(OC(C)=O)c2O)cc1. The molecule has 7 nitrogen and oxygen atoms in total. The number of halogens is 1. The van der Waals surface area contributed by atoms with Gasteiger partial charge in [-0.2, -0.15) is 0 Å². The predicted octanol–water partition coefficient (Wildman–Crippen LogP) is 3.70. The Morgan fingerprint density at radius 1 is 1.28 bits per heavy atom. The summed E-state index contributed by atoms with van der Waals surface area (Å²) in [5.41, 5.74) is 0.535. The van der Waals surface area contributed by atoms with Crippen LogP contribution in [-0.4, -0.2) is 29.4 Å². The number of amides is 1. The second-order valence-electron chi connectivity index (χ2n) is 5.10. The summed E-state index contributed by atoms with van der Waals surface area (Å²) < 4.78 is 15.6. The van der Waals surface area contributed by atoms with Crippen molar-refractivity contribution < 1.29 is 28.6 Å². The van der Waals surface area contributed by atoms with E-state index in [9.17, 15) is 14.7 Å². The largest absolute Gasteiger partial charge is 0.502 e. The molecule has 1 amide bonds. The van der Waals surface area contributed by atoms with Gasteiger partial charge in [0.25, 0.3) is 0 Å². The van der Waals surface area contributed by atoms with Crippen molar-refractivity contribution in [2.24, 2.45) is 0 Å². The van der Waals surface area contributed by atoms with Crippen molar-refractivity contribution in [2.45, 2.75) is 19.8 Å². The standard InChI is InChI=1S/C17H18BrNO6/c1-10(20)24-16-14(22)15(11-5-7-12(23-2)8-6-11)25-17(16)19-13(21)4-3-9-18/h5-8,22H,3-4,9H2,1-2H3,(H,19,21). The fourth-order valence-electron chi connectivity index (χ4n) is 2.08. The molecule has 0 aliphatic carbocycles. The van der Waals surface area contributed by atoms with Crippen molar-refractivity contribution in [1.29, 1.82) is 0 Å². The number of benzene rings is 1. The first-order valence-electron chi connectivity index (χ1n) is 7.50. The summed E-state index contributed by atoms with van der Waals surface area (Å²) in [6, 6.07) is 6.73. The maximum atomic E-state index is 11.9. The number of rotatable bonds is 7. The molecule has 2 aromatic rings. The highest BCUT2D eigenvalue weighted by molar-refractivity contribution is 9.09. The zero-order valence-electron chi connectivity index (χ0n) is 13.8. The number of nitrogens with one attached hydrogen (secondary N) is 1. The smallest absolute Gasteiger partial charge is 0.308 e. The normalized spacial score (nSPS) is 10.4. The van der Waals surface area contributed by atoms with E-state index in [2.05, 4.69) is 21.2 Å². The summed E-state index contributed by atoms with van der Waals surface area (Å²) in [6.45, 7) is 1.19. The quantitative estimate of drug-likeness (QED) is 0.532. The van der Waals surface area contributed by atoms with Gasteiger partial charge in [-0.05, 0) is 30.7 Å². The van der Waals surface area contributed by atoms with Gasteiger partial charge < -0.3 is 19.0 Å². The minimum Gasteiger partial charge on any atom is -0.502 e. The molecule has 0 aliphatic heterocycles. The van der Waals surface area contributed by atoms with Crippen LogP contribution < -0.4 is 14.8 Å². The molecule has 0 unspecified atom stereocenters. The van der Waals surface area contributed by atoms with Gasteiger partial charge in [-0.3, -0.25) is 14.9 Å². The molecule has 0 aliphatic rings. The lowest BCUT2D eigenvalue weighted by Gasteiger charge is -2.04. The molecule has 1 aromatic carbocycles. The molecule has 0 radical (unpaired) electrons. The van der Waals surface area contributed by atoms with E-state index in [-0.39, 0.29) is 35.5 Å². The molecule has 8 heteroatoms. The van der Waals surface area contributed by atoms with Crippen molar-refractivity contribution in [3.8, 4) is 28.6 Å². The van der Waals surface area contributed by atoms with Crippen molar-refractivity contribution in [3.05, 3.63) is 24.3 Å². The van der Waals surface area contributed by atoms with E-state index >= 15 is 0 Å². The Morgan fingerprint density at radius 3 is 2.52 bits per heavy atom. The molecule has 0 fully saturated rings. The second-order valence-corrected chi connectivity index (χ2v) is 5.89. The molecular weight excluding hydrogens is 394 g/mol. The van der Waals surface area contributed by atoms with Gasteiger partial charge in [0.15, 0.2) is 5.76 Å². The fraction of sp³-hybridized carbons (Fsp3) is 0.294. The van der Waals surface area contributed by atoms with E-state index in [4.69, 9.17) is 13.9 Å². The third-order valence-electron chi connectivity index (χ3n) is 3.23. The van der Waals surface area contributed by atoms with Crippen LogP contribution in [0.25, 0.3) is 11.3 Å². The van der Waals surface area contributed by atoms with Crippen LogP contribution in [0, 0.1) is 0 Å². The maximum Gasteiger partial charge on any atom is 0.308 e. The lowest BCUT2D eigenvalue weighted by molar-refractivity contribution is -0.132. The Bertz CT molecular complexity index is 753. The molecule has 0 spiro atoms. The van der Waals surface area contributed by atoms with Gasteiger partial charge in [0.05, 0.1) is 7.11 Å². The maximum absolute atomic E-state index is 11.9. The van der Waals surface area contributed by atoms with Gasteiger partial charge in [0.2, 0.25) is 23.3 Å². The number of ether oxygens (including phenoxy) is 2. The molecule has 1 heterocycles. The first-order chi connectivity index (χ1) is 12.0. The van der Waals surface area contributed by atoms with Crippen LogP contribution in [0.15, 0.2) is 28.7 Å². The average molecular weight is 412 g/mol. The molecule has 134 valence electrons. The van der Waals surface area contributed by atoms with Crippen LogP contribution in [0.4, 0.5) is 5.88 Å². The molecule has 0 saturated heterocycles. The summed E-state index contributed by atoms with van der Waals surface area (Å²) in [5.74, 6) is -0.941. The second kappa shape index (κ2) is 8.57. The number of carbonyl (C=O) groups excluding carboxylic acids is 2. The molecule has 0 saturated carbocycles. The van der Waals surface area contributed by atoms with Gasteiger partial charge in [0.1, 0.15) is 5.75 Å². The summed E-state index contributed by atoms with van der Waals surface area (Å²) in [7, 11) is 1.54. The number of carbonyl (C=O) groups is 2. The predicted molar refractivity (Wildman–Crippen MR) is 95.3 cm³/mol. The van der Waals surface area contributed by atoms with Crippen LogP contribution >= 0.6 is 15.9 Å². The average Bonchev–Trinajstić information content (AvgIpc) is 2.89. The topological polar surface area (TPSA) is 98.0 Å². The number of methoxy groups -OCH3 is 1. The number of esters is 1. The summed E-state index contributed by atoms with van der Waals surface area (Å²) in [4.78, 5) is 23.2. The Balaban J connectivity index is 2.37. The van der Waals surface area contributed by atoms with E-state index in [1.54, 1.807) is 31.4 Å². The number of hydrogen-bond donors (Lipinski definition) is 2. The Morgan fingerprint density at radius 2 is 1.96 bits per heavy atom. The van der Waals surface area contributed by atoms with E-state index in [1.165, 1.54) is 6.92 Å². The van der Waals surface area contributed by atoms with Gasteiger partial charge in [-0.1, -0.05) is 15.9 Å². The number of aromatic hydroxyl groups is 1. The molecular formula is C17H18BrNO6. The Labute approximate surface area is 153 Å². The molecule has 2 rings (SSSR count). The molecule has 2 N–H and O–H groups in total. The zero-order valence-corrected chi connectivity index (χ0v) is 15.4. The van der Waals surface area contributed by atoms with Crippen molar-refractivity contribution >= 4 is 33.7 Å². The van der Waals surface area contributed by atoms with Crippen molar-refractivity contribution in [2.75, 3.05) is 17.8 Å². The molecule has 0 atom stereocenters. The van der Waals surface area contributed by atoms with Crippen LogP contribution in [-0.2, 0) is 9.59 Å².